The van der Waals surface area contributed by atoms with Gasteiger partial charge < -0.3 is 15.8 Å². The van der Waals surface area contributed by atoms with E-state index in [1.54, 1.807) is 7.11 Å². The molecule has 0 bridgehead atoms. The molecule has 1 rings (SSSR count). The van der Waals surface area contributed by atoms with E-state index in [1.165, 1.54) is 6.07 Å². The number of rotatable bonds is 5. The van der Waals surface area contributed by atoms with Gasteiger partial charge in [0.25, 0.3) is 0 Å². The van der Waals surface area contributed by atoms with E-state index in [9.17, 15) is 13.2 Å². The molecule has 7 heteroatoms. The molecular weight excluding hydrogens is 277 g/mol. The van der Waals surface area contributed by atoms with Crippen molar-refractivity contribution >= 4 is 22.9 Å². The van der Waals surface area contributed by atoms with E-state index in [2.05, 4.69) is 5.32 Å². The van der Waals surface area contributed by atoms with E-state index < -0.39 is 11.7 Å². The van der Waals surface area contributed by atoms with Gasteiger partial charge in [0.15, 0.2) is 0 Å². The SMILES string of the molecule is COC(C)CNc1ccc(C(F)(F)F)cc1C(N)=S. The van der Waals surface area contributed by atoms with Gasteiger partial charge in [-0.1, -0.05) is 12.2 Å². The van der Waals surface area contributed by atoms with Crippen LogP contribution in [0.4, 0.5) is 18.9 Å². The monoisotopic (exact) mass is 292 g/mol. The molecule has 0 saturated heterocycles. The van der Waals surface area contributed by atoms with Crippen molar-refractivity contribution in [3.63, 3.8) is 0 Å². The second-order valence-electron chi connectivity index (χ2n) is 4.05. The summed E-state index contributed by atoms with van der Waals surface area (Å²) in [7, 11) is 1.55. The Morgan fingerprint density at radius 1 is 1.47 bits per heavy atom. The average Bonchev–Trinajstić information content (AvgIpc) is 2.34. The van der Waals surface area contributed by atoms with Crippen molar-refractivity contribution < 1.29 is 17.9 Å². The van der Waals surface area contributed by atoms with Crippen LogP contribution in [0.15, 0.2) is 18.2 Å². The number of thiocarbonyl (C=S) groups is 1. The highest BCUT2D eigenvalue weighted by Crippen LogP contribution is 2.31. The Labute approximate surface area is 114 Å². The van der Waals surface area contributed by atoms with E-state index >= 15 is 0 Å². The van der Waals surface area contributed by atoms with Gasteiger partial charge >= 0.3 is 6.18 Å². The number of halogens is 3. The van der Waals surface area contributed by atoms with Gasteiger partial charge in [-0.25, -0.2) is 0 Å². The summed E-state index contributed by atoms with van der Waals surface area (Å²) >= 11 is 4.78. The number of ether oxygens (including phenoxy) is 1. The zero-order chi connectivity index (χ0) is 14.6. The molecule has 0 fully saturated rings. The lowest BCUT2D eigenvalue weighted by Crippen LogP contribution is -2.21. The number of hydrogen-bond donors (Lipinski definition) is 2. The molecule has 0 aliphatic heterocycles. The Morgan fingerprint density at radius 3 is 2.58 bits per heavy atom. The number of nitrogens with two attached hydrogens (primary N) is 1. The molecule has 0 aliphatic carbocycles. The third-order valence-electron chi connectivity index (χ3n) is 2.59. The topological polar surface area (TPSA) is 47.3 Å². The first kappa shape index (κ1) is 15.7. The Hall–Kier alpha value is -1.34. The number of anilines is 1. The van der Waals surface area contributed by atoms with Crippen LogP contribution in [0.2, 0.25) is 0 Å². The second kappa shape index (κ2) is 6.21. The molecule has 1 unspecified atom stereocenters. The minimum atomic E-state index is -4.42. The molecule has 0 amide bonds. The number of hydrogen-bond acceptors (Lipinski definition) is 3. The van der Waals surface area contributed by atoms with Crippen molar-refractivity contribution in [2.24, 2.45) is 5.73 Å². The molecular formula is C12H15F3N2OS. The lowest BCUT2D eigenvalue weighted by Gasteiger charge is -2.16. The van der Waals surface area contributed by atoms with Crippen LogP contribution in [-0.2, 0) is 10.9 Å². The third kappa shape index (κ3) is 4.36. The van der Waals surface area contributed by atoms with Gasteiger partial charge in [0.2, 0.25) is 0 Å². The van der Waals surface area contributed by atoms with Crippen molar-refractivity contribution in [1.82, 2.24) is 0 Å². The van der Waals surface area contributed by atoms with Crippen molar-refractivity contribution in [1.29, 1.82) is 0 Å². The van der Waals surface area contributed by atoms with Gasteiger partial charge in [-0.15, -0.1) is 0 Å². The molecule has 1 aromatic carbocycles. The van der Waals surface area contributed by atoms with E-state index in [0.717, 1.165) is 12.1 Å². The maximum absolute atomic E-state index is 12.6. The van der Waals surface area contributed by atoms with Gasteiger partial charge in [0.1, 0.15) is 4.99 Å². The first-order valence-electron chi connectivity index (χ1n) is 5.53. The predicted molar refractivity (Wildman–Crippen MR) is 72.3 cm³/mol. The first-order chi connectivity index (χ1) is 8.75. The van der Waals surface area contributed by atoms with Crippen LogP contribution >= 0.6 is 12.2 Å². The molecule has 0 aromatic heterocycles. The third-order valence-corrected chi connectivity index (χ3v) is 2.81. The zero-order valence-electron chi connectivity index (χ0n) is 10.5. The summed E-state index contributed by atoms with van der Waals surface area (Å²) < 4.78 is 42.9. The Balaban J connectivity index is 3.02. The molecule has 0 spiro atoms. The number of nitrogens with one attached hydrogen (secondary N) is 1. The summed E-state index contributed by atoms with van der Waals surface area (Å²) in [5, 5.41) is 2.96. The molecule has 19 heavy (non-hydrogen) atoms. The Morgan fingerprint density at radius 2 is 2.11 bits per heavy atom. The Kier molecular flexibility index (Phi) is 5.13. The molecule has 1 atom stereocenters. The fourth-order valence-electron chi connectivity index (χ4n) is 1.42. The lowest BCUT2D eigenvalue weighted by atomic mass is 10.1. The van der Waals surface area contributed by atoms with Crippen LogP contribution in [0.1, 0.15) is 18.1 Å². The molecule has 0 aliphatic rings. The number of methoxy groups -OCH3 is 1. The molecule has 1 aromatic rings. The highest BCUT2D eigenvalue weighted by Gasteiger charge is 2.31. The van der Waals surface area contributed by atoms with Gasteiger partial charge in [-0.3, -0.25) is 0 Å². The summed E-state index contributed by atoms with van der Waals surface area (Å²) in [5.41, 5.74) is 5.32. The van der Waals surface area contributed by atoms with Crippen molar-refractivity contribution in [2.45, 2.75) is 19.2 Å². The van der Waals surface area contributed by atoms with Crippen molar-refractivity contribution in [3.8, 4) is 0 Å². The van der Waals surface area contributed by atoms with E-state index in [-0.39, 0.29) is 16.7 Å². The average molecular weight is 292 g/mol. The Bertz CT molecular complexity index is 463. The summed E-state index contributed by atoms with van der Waals surface area (Å²) in [6.07, 6.45) is -4.50. The molecule has 0 radical (unpaired) electrons. The first-order valence-corrected chi connectivity index (χ1v) is 5.94. The molecule has 3 N–H and O–H groups in total. The largest absolute Gasteiger partial charge is 0.416 e. The van der Waals surface area contributed by atoms with Crippen LogP contribution in [0, 0.1) is 0 Å². The van der Waals surface area contributed by atoms with Gasteiger partial charge in [0.05, 0.1) is 11.7 Å². The van der Waals surface area contributed by atoms with E-state index in [0.29, 0.717) is 12.2 Å². The number of alkyl halides is 3. The van der Waals surface area contributed by atoms with Gasteiger partial charge in [-0.05, 0) is 25.1 Å². The summed E-state index contributed by atoms with van der Waals surface area (Å²) in [5.74, 6) is 0. The second-order valence-corrected chi connectivity index (χ2v) is 4.49. The summed E-state index contributed by atoms with van der Waals surface area (Å²) in [4.78, 5) is -0.0846. The molecule has 0 saturated carbocycles. The molecule has 106 valence electrons. The van der Waals surface area contributed by atoms with Crippen LogP contribution in [0.5, 0.6) is 0 Å². The van der Waals surface area contributed by atoms with Gasteiger partial charge in [0, 0.05) is 24.9 Å². The van der Waals surface area contributed by atoms with E-state index in [1.807, 2.05) is 6.92 Å². The fourth-order valence-corrected chi connectivity index (χ4v) is 1.58. The van der Waals surface area contributed by atoms with Crippen LogP contribution in [0.3, 0.4) is 0 Å². The zero-order valence-corrected chi connectivity index (χ0v) is 11.4. The van der Waals surface area contributed by atoms with Gasteiger partial charge in [-0.2, -0.15) is 13.2 Å². The normalized spacial score (nSPS) is 13.1. The minimum Gasteiger partial charge on any atom is -0.389 e. The highest BCUT2D eigenvalue weighted by molar-refractivity contribution is 7.80. The smallest absolute Gasteiger partial charge is 0.389 e. The summed E-state index contributed by atoms with van der Waals surface area (Å²) in [6, 6.07) is 3.25. The maximum Gasteiger partial charge on any atom is 0.416 e. The van der Waals surface area contributed by atoms with Crippen LogP contribution in [-0.4, -0.2) is 24.7 Å². The van der Waals surface area contributed by atoms with E-state index in [4.69, 9.17) is 22.7 Å². The fraction of sp³-hybridized carbons (Fsp3) is 0.417. The predicted octanol–water partition coefficient (Wildman–Crippen LogP) is 2.79. The summed E-state index contributed by atoms with van der Waals surface area (Å²) in [6.45, 7) is 2.27. The van der Waals surface area contributed by atoms with Crippen LogP contribution < -0.4 is 11.1 Å². The number of benzene rings is 1. The quantitative estimate of drug-likeness (QED) is 0.819. The minimum absolute atomic E-state index is 0.0820. The molecule has 0 heterocycles. The standard InChI is InChI=1S/C12H15F3N2OS/c1-7(18-2)6-17-10-4-3-8(12(13,14)15)5-9(10)11(16)19/h3-5,7,17H,6H2,1-2H3,(H2,16,19). The van der Waals surface area contributed by atoms with Crippen LogP contribution in [0.25, 0.3) is 0 Å². The lowest BCUT2D eigenvalue weighted by molar-refractivity contribution is -0.137. The highest BCUT2D eigenvalue weighted by atomic mass is 32.1. The maximum atomic E-state index is 12.6. The molecule has 3 nitrogen and oxygen atoms in total. The van der Waals surface area contributed by atoms with Crippen molar-refractivity contribution in [2.75, 3.05) is 19.0 Å². The van der Waals surface area contributed by atoms with Crippen molar-refractivity contribution in [3.05, 3.63) is 29.3 Å².